The number of likely N-dealkylation sites (tertiary alicyclic amines) is 1. The number of halogens is 1. The molecular formula is C22H31ClN4O5. The molecule has 0 radical (unpaired) electrons. The Morgan fingerprint density at radius 2 is 1.88 bits per heavy atom. The lowest BCUT2D eigenvalue weighted by atomic mass is 10.1. The van der Waals surface area contributed by atoms with E-state index in [1.54, 1.807) is 45.0 Å². The first-order valence-electron chi connectivity index (χ1n) is 10.4. The van der Waals surface area contributed by atoms with Gasteiger partial charge in [-0.2, -0.15) is 0 Å². The Hall–Kier alpha value is -2.81. The van der Waals surface area contributed by atoms with Gasteiger partial charge in [-0.3, -0.25) is 14.4 Å². The van der Waals surface area contributed by atoms with E-state index in [0.717, 1.165) is 0 Å². The fraction of sp³-hybridized carbons (Fsp3) is 0.545. The molecule has 1 aliphatic heterocycles. The average molecular weight is 467 g/mol. The molecular weight excluding hydrogens is 436 g/mol. The van der Waals surface area contributed by atoms with Crippen LogP contribution in [0.4, 0.5) is 4.79 Å². The van der Waals surface area contributed by atoms with E-state index < -0.39 is 46.9 Å². The van der Waals surface area contributed by atoms with Crippen LogP contribution < -0.4 is 11.1 Å². The van der Waals surface area contributed by atoms with Crippen molar-refractivity contribution in [3.05, 3.63) is 35.9 Å². The molecule has 0 aliphatic carbocycles. The summed E-state index contributed by atoms with van der Waals surface area (Å²) in [6.07, 6.45) is 0.259. The van der Waals surface area contributed by atoms with Crippen molar-refractivity contribution in [3.8, 4) is 0 Å². The second-order valence-electron chi connectivity index (χ2n) is 8.78. The molecule has 0 saturated carbocycles. The van der Waals surface area contributed by atoms with Gasteiger partial charge in [-0.25, -0.2) is 4.79 Å². The Balaban J connectivity index is 2.19. The number of benzene rings is 1. The first-order chi connectivity index (χ1) is 14.9. The third-order valence-corrected chi connectivity index (χ3v) is 5.43. The number of hydrogen-bond acceptors (Lipinski definition) is 5. The lowest BCUT2D eigenvalue weighted by Gasteiger charge is -2.31. The quantitative estimate of drug-likeness (QED) is 0.593. The number of carbonyl (C=O) groups is 4. The molecule has 1 aromatic rings. The lowest BCUT2D eigenvalue weighted by Crippen LogP contribution is -2.57. The van der Waals surface area contributed by atoms with Crippen LogP contribution >= 0.6 is 11.6 Å². The van der Waals surface area contributed by atoms with Crippen LogP contribution in [0.1, 0.15) is 44.6 Å². The molecule has 1 aliphatic rings. The number of likely N-dealkylation sites (N-methyl/N-ethyl adjacent to an activating group) is 1. The summed E-state index contributed by atoms with van der Waals surface area (Å²) in [5.41, 5.74) is 5.27. The number of carbonyl (C=O) groups excluding carboxylic acids is 4. The summed E-state index contributed by atoms with van der Waals surface area (Å²) in [6, 6.07) is 6.91. The van der Waals surface area contributed by atoms with Gasteiger partial charge in [0, 0.05) is 20.1 Å². The predicted octanol–water partition coefficient (Wildman–Crippen LogP) is 1.79. The van der Waals surface area contributed by atoms with Crippen LogP contribution in [0.15, 0.2) is 30.3 Å². The SMILES string of the molecule is CN(CC(NC(=O)OC(C)(C)C)C(=O)N1CCCC1C(N)=O)C(=O)C(Cl)c1ccccc1. The van der Waals surface area contributed by atoms with Gasteiger partial charge in [-0.1, -0.05) is 30.3 Å². The van der Waals surface area contributed by atoms with Gasteiger partial charge in [0.25, 0.3) is 0 Å². The molecule has 4 amide bonds. The van der Waals surface area contributed by atoms with Crippen LogP contribution in [-0.2, 0) is 19.1 Å². The maximum Gasteiger partial charge on any atom is 0.408 e. The van der Waals surface area contributed by atoms with E-state index in [2.05, 4.69) is 5.32 Å². The molecule has 32 heavy (non-hydrogen) atoms. The molecule has 3 atom stereocenters. The second kappa shape index (κ2) is 10.7. The molecule has 0 bridgehead atoms. The fourth-order valence-corrected chi connectivity index (χ4v) is 3.80. The summed E-state index contributed by atoms with van der Waals surface area (Å²) in [4.78, 5) is 52.9. The van der Waals surface area contributed by atoms with Crippen LogP contribution in [0.2, 0.25) is 0 Å². The Kier molecular flexibility index (Phi) is 8.49. The molecule has 1 fully saturated rings. The Labute approximate surface area is 193 Å². The van der Waals surface area contributed by atoms with Crippen LogP contribution in [-0.4, -0.2) is 71.4 Å². The summed E-state index contributed by atoms with van der Waals surface area (Å²) in [5, 5.41) is 1.58. The van der Waals surface area contributed by atoms with Crippen LogP contribution in [0.3, 0.4) is 0 Å². The Bertz CT molecular complexity index is 842. The van der Waals surface area contributed by atoms with Crippen molar-refractivity contribution in [3.63, 3.8) is 0 Å². The highest BCUT2D eigenvalue weighted by molar-refractivity contribution is 6.30. The van der Waals surface area contributed by atoms with Crippen molar-refractivity contribution in [2.75, 3.05) is 20.1 Å². The minimum atomic E-state index is -1.14. The topological polar surface area (TPSA) is 122 Å². The summed E-state index contributed by atoms with van der Waals surface area (Å²) < 4.78 is 5.27. The van der Waals surface area contributed by atoms with Gasteiger partial charge >= 0.3 is 6.09 Å². The lowest BCUT2D eigenvalue weighted by molar-refractivity contribution is -0.140. The summed E-state index contributed by atoms with van der Waals surface area (Å²) >= 11 is 6.34. The predicted molar refractivity (Wildman–Crippen MR) is 120 cm³/mol. The van der Waals surface area contributed by atoms with Gasteiger partial charge < -0.3 is 25.6 Å². The smallest absolute Gasteiger partial charge is 0.408 e. The first kappa shape index (κ1) is 25.5. The molecule has 1 aromatic carbocycles. The van der Waals surface area contributed by atoms with E-state index in [0.29, 0.717) is 24.9 Å². The van der Waals surface area contributed by atoms with Crippen molar-refractivity contribution >= 4 is 35.4 Å². The standard InChI is InChI=1S/C22H31ClN4O5/c1-22(2,3)32-21(31)25-15(19(29)27-12-8-11-16(27)18(24)28)13-26(4)20(30)17(23)14-9-6-5-7-10-14/h5-7,9-10,15-17H,8,11-13H2,1-4H3,(H2,24,28)(H,25,31). The van der Waals surface area contributed by atoms with Gasteiger partial charge in [0.05, 0.1) is 0 Å². The molecule has 2 rings (SSSR count). The Morgan fingerprint density at radius 3 is 2.44 bits per heavy atom. The zero-order chi connectivity index (χ0) is 24.1. The van der Waals surface area contributed by atoms with E-state index in [4.69, 9.17) is 22.1 Å². The van der Waals surface area contributed by atoms with Crippen LogP contribution in [0.25, 0.3) is 0 Å². The monoisotopic (exact) mass is 466 g/mol. The molecule has 10 heteroatoms. The number of nitrogens with one attached hydrogen (secondary N) is 1. The van der Waals surface area contributed by atoms with E-state index in [1.807, 2.05) is 6.07 Å². The number of ether oxygens (including phenoxy) is 1. The Morgan fingerprint density at radius 1 is 1.25 bits per heavy atom. The molecule has 9 nitrogen and oxygen atoms in total. The number of nitrogens with zero attached hydrogens (tertiary/aromatic N) is 2. The minimum absolute atomic E-state index is 0.158. The maximum atomic E-state index is 13.2. The number of amides is 4. The number of primary amides is 1. The molecule has 3 unspecified atom stereocenters. The summed E-state index contributed by atoms with van der Waals surface area (Å²) in [7, 11) is 1.49. The molecule has 0 aromatic heterocycles. The molecule has 176 valence electrons. The molecule has 1 saturated heterocycles. The van der Waals surface area contributed by atoms with Gasteiger partial charge in [0.1, 0.15) is 23.1 Å². The first-order valence-corrected chi connectivity index (χ1v) is 10.9. The molecule has 1 heterocycles. The van der Waals surface area contributed by atoms with Gasteiger partial charge in [-0.15, -0.1) is 11.6 Å². The van der Waals surface area contributed by atoms with E-state index in [-0.39, 0.29) is 6.54 Å². The number of alkyl halides is 1. The zero-order valence-corrected chi connectivity index (χ0v) is 19.6. The highest BCUT2D eigenvalue weighted by Gasteiger charge is 2.38. The number of nitrogens with two attached hydrogens (primary N) is 1. The number of rotatable bonds is 7. The van der Waals surface area contributed by atoms with E-state index in [9.17, 15) is 19.2 Å². The van der Waals surface area contributed by atoms with Crippen molar-refractivity contribution in [2.24, 2.45) is 5.73 Å². The highest BCUT2D eigenvalue weighted by atomic mass is 35.5. The van der Waals surface area contributed by atoms with Gasteiger partial charge in [0.15, 0.2) is 0 Å². The van der Waals surface area contributed by atoms with Crippen LogP contribution in [0.5, 0.6) is 0 Å². The number of hydrogen-bond donors (Lipinski definition) is 2. The summed E-state index contributed by atoms with van der Waals surface area (Å²) in [6.45, 7) is 5.26. The van der Waals surface area contributed by atoms with Crippen molar-refractivity contribution < 1.29 is 23.9 Å². The zero-order valence-electron chi connectivity index (χ0n) is 18.8. The van der Waals surface area contributed by atoms with Crippen molar-refractivity contribution in [2.45, 2.75) is 56.7 Å². The fourth-order valence-electron chi connectivity index (χ4n) is 3.48. The largest absolute Gasteiger partial charge is 0.444 e. The maximum absolute atomic E-state index is 13.2. The van der Waals surface area contributed by atoms with Crippen molar-refractivity contribution in [1.29, 1.82) is 0 Å². The molecule has 0 spiro atoms. The highest BCUT2D eigenvalue weighted by Crippen LogP contribution is 2.23. The minimum Gasteiger partial charge on any atom is -0.444 e. The van der Waals surface area contributed by atoms with Gasteiger partial charge in [0.2, 0.25) is 17.7 Å². The third-order valence-electron chi connectivity index (χ3n) is 5.00. The molecule has 3 N–H and O–H groups in total. The second-order valence-corrected chi connectivity index (χ2v) is 9.22. The number of alkyl carbamates (subject to hydrolysis) is 1. The van der Waals surface area contributed by atoms with Gasteiger partial charge in [-0.05, 0) is 39.2 Å². The van der Waals surface area contributed by atoms with Crippen molar-refractivity contribution in [1.82, 2.24) is 15.1 Å². The van der Waals surface area contributed by atoms with E-state index >= 15 is 0 Å². The van der Waals surface area contributed by atoms with E-state index in [1.165, 1.54) is 16.8 Å². The summed E-state index contributed by atoms with van der Waals surface area (Å²) in [5.74, 6) is -1.56. The third kappa shape index (κ3) is 6.85. The normalized spacial score (nSPS) is 17.9. The average Bonchev–Trinajstić information content (AvgIpc) is 3.21. The van der Waals surface area contributed by atoms with Crippen LogP contribution in [0, 0.1) is 0 Å².